The van der Waals surface area contributed by atoms with Gasteiger partial charge in [-0.15, -0.1) is 0 Å². The van der Waals surface area contributed by atoms with Crippen LogP contribution < -0.4 is 11.1 Å². The van der Waals surface area contributed by atoms with Gasteiger partial charge in [-0.05, 0) is 5.56 Å². The van der Waals surface area contributed by atoms with Crippen LogP contribution in [-0.2, 0) is 12.5 Å². The summed E-state index contributed by atoms with van der Waals surface area (Å²) < 4.78 is 25.6. The van der Waals surface area contributed by atoms with Crippen LogP contribution in [0.5, 0.6) is 0 Å². The fraction of sp³-hybridized carbons (Fsp3) is 0.300. The molecule has 1 aromatic rings. The number of hydrogen-bond acceptors (Lipinski definition) is 1. The zero-order valence-corrected chi connectivity index (χ0v) is 8.26. The number of hydrogen-bond donors (Lipinski definition) is 2. The van der Waals surface area contributed by atoms with Gasteiger partial charge in [0.05, 0.1) is 0 Å². The predicted octanol–water partition coefficient (Wildman–Crippen LogP) is 1.97. The fourth-order valence-corrected chi connectivity index (χ4v) is 1.10. The minimum absolute atomic E-state index is 0.0506. The van der Waals surface area contributed by atoms with Crippen molar-refractivity contribution in [1.29, 1.82) is 0 Å². The lowest BCUT2D eigenvalue weighted by Crippen LogP contribution is -2.28. The molecule has 0 heterocycles. The highest BCUT2D eigenvalue weighted by molar-refractivity contribution is 5.71. The molecule has 0 fully saturated rings. The number of alkyl halides is 2. The van der Waals surface area contributed by atoms with Crippen molar-refractivity contribution < 1.29 is 13.6 Å². The number of carbonyl (C=O) groups is 1. The topological polar surface area (TPSA) is 55.1 Å². The van der Waals surface area contributed by atoms with Gasteiger partial charge in [0.15, 0.2) is 0 Å². The standard InChI is InChI=1S/C10H12F2N2O/c1-10(11,12)8-4-2-7(3-5-8)6-14-9(13)15/h2-5H,6H2,1H3,(H3,13,14,15). The van der Waals surface area contributed by atoms with Crippen molar-refractivity contribution in [3.05, 3.63) is 35.4 Å². The number of carbonyl (C=O) groups excluding carboxylic acids is 1. The zero-order valence-electron chi connectivity index (χ0n) is 8.26. The lowest BCUT2D eigenvalue weighted by molar-refractivity contribution is 0.0174. The summed E-state index contributed by atoms with van der Waals surface area (Å²) in [5.74, 6) is -2.84. The van der Waals surface area contributed by atoms with E-state index in [1.807, 2.05) is 0 Å². The smallest absolute Gasteiger partial charge is 0.312 e. The summed E-state index contributed by atoms with van der Waals surface area (Å²) in [4.78, 5) is 10.4. The molecule has 0 unspecified atom stereocenters. The Bertz CT molecular complexity index is 343. The van der Waals surface area contributed by atoms with Crippen LogP contribution in [0.25, 0.3) is 0 Å². The first-order valence-corrected chi connectivity index (χ1v) is 4.40. The van der Waals surface area contributed by atoms with Crippen LogP contribution in [0.1, 0.15) is 18.1 Å². The average Bonchev–Trinajstić information content (AvgIpc) is 2.14. The molecule has 0 aliphatic carbocycles. The van der Waals surface area contributed by atoms with Crippen LogP contribution in [0.4, 0.5) is 13.6 Å². The van der Waals surface area contributed by atoms with Crippen LogP contribution in [-0.4, -0.2) is 6.03 Å². The Balaban J connectivity index is 2.69. The number of nitrogens with two attached hydrogens (primary N) is 1. The lowest BCUT2D eigenvalue weighted by atomic mass is 10.1. The number of urea groups is 1. The van der Waals surface area contributed by atoms with E-state index in [-0.39, 0.29) is 12.1 Å². The van der Waals surface area contributed by atoms with Gasteiger partial charge in [0.2, 0.25) is 0 Å². The molecule has 2 amide bonds. The van der Waals surface area contributed by atoms with Gasteiger partial charge < -0.3 is 11.1 Å². The normalized spacial score (nSPS) is 11.1. The summed E-state index contributed by atoms with van der Waals surface area (Å²) in [6, 6.07) is 5.08. The monoisotopic (exact) mass is 214 g/mol. The minimum atomic E-state index is -2.84. The van der Waals surface area contributed by atoms with Gasteiger partial charge in [-0.2, -0.15) is 0 Å². The van der Waals surface area contributed by atoms with Gasteiger partial charge in [0.1, 0.15) is 0 Å². The van der Waals surface area contributed by atoms with Gasteiger partial charge in [-0.3, -0.25) is 0 Å². The number of benzene rings is 1. The molecule has 0 radical (unpaired) electrons. The van der Waals surface area contributed by atoms with Crippen molar-refractivity contribution in [2.45, 2.75) is 19.4 Å². The highest BCUT2D eigenvalue weighted by atomic mass is 19.3. The number of amides is 2. The van der Waals surface area contributed by atoms with Crippen LogP contribution in [0.3, 0.4) is 0 Å². The van der Waals surface area contributed by atoms with E-state index in [1.54, 1.807) is 0 Å². The van der Waals surface area contributed by atoms with E-state index in [0.29, 0.717) is 0 Å². The molecule has 0 bridgehead atoms. The van der Waals surface area contributed by atoms with Gasteiger partial charge in [0, 0.05) is 19.0 Å². The molecule has 3 nitrogen and oxygen atoms in total. The van der Waals surface area contributed by atoms with E-state index in [2.05, 4.69) is 5.32 Å². The van der Waals surface area contributed by atoms with Crippen molar-refractivity contribution in [3.63, 3.8) is 0 Å². The van der Waals surface area contributed by atoms with Crippen molar-refractivity contribution >= 4 is 6.03 Å². The van der Waals surface area contributed by atoms with E-state index < -0.39 is 12.0 Å². The first-order chi connectivity index (χ1) is 6.89. The molecule has 0 atom stereocenters. The molecule has 82 valence electrons. The van der Waals surface area contributed by atoms with Crippen molar-refractivity contribution in [2.24, 2.45) is 5.73 Å². The number of halogens is 2. The molecule has 5 heteroatoms. The van der Waals surface area contributed by atoms with Gasteiger partial charge in [-0.1, -0.05) is 24.3 Å². The Morgan fingerprint density at radius 3 is 2.33 bits per heavy atom. The molecule has 0 aromatic heterocycles. The number of nitrogens with one attached hydrogen (secondary N) is 1. The maximum Gasteiger partial charge on any atom is 0.312 e. The Morgan fingerprint density at radius 2 is 1.93 bits per heavy atom. The molecule has 1 rings (SSSR count). The second kappa shape index (κ2) is 4.25. The maximum absolute atomic E-state index is 12.8. The Hall–Kier alpha value is -1.65. The molecular weight excluding hydrogens is 202 g/mol. The molecule has 15 heavy (non-hydrogen) atoms. The van der Waals surface area contributed by atoms with Crippen molar-refractivity contribution in [1.82, 2.24) is 5.32 Å². The van der Waals surface area contributed by atoms with Gasteiger partial charge >= 0.3 is 6.03 Å². The fourth-order valence-electron chi connectivity index (χ4n) is 1.10. The molecular formula is C10H12F2N2O. The summed E-state index contributed by atoms with van der Waals surface area (Å²) >= 11 is 0. The second-order valence-electron chi connectivity index (χ2n) is 3.30. The summed E-state index contributed by atoms with van der Waals surface area (Å²) in [6.07, 6.45) is 0. The van der Waals surface area contributed by atoms with Crippen molar-refractivity contribution in [2.75, 3.05) is 0 Å². The molecule has 1 aromatic carbocycles. The van der Waals surface area contributed by atoms with Gasteiger partial charge in [-0.25, -0.2) is 13.6 Å². The Kier molecular flexibility index (Phi) is 3.24. The minimum Gasteiger partial charge on any atom is -0.352 e. The van der Waals surface area contributed by atoms with E-state index in [4.69, 9.17) is 5.73 Å². The van der Waals surface area contributed by atoms with E-state index in [0.717, 1.165) is 12.5 Å². The molecule has 0 aliphatic rings. The third kappa shape index (κ3) is 3.53. The zero-order chi connectivity index (χ0) is 11.5. The summed E-state index contributed by atoms with van der Waals surface area (Å²) in [5.41, 5.74) is 5.54. The van der Waals surface area contributed by atoms with Crippen LogP contribution >= 0.6 is 0 Å². The quantitative estimate of drug-likeness (QED) is 0.794. The van der Waals surface area contributed by atoms with E-state index in [9.17, 15) is 13.6 Å². The predicted molar refractivity (Wildman–Crippen MR) is 52.4 cm³/mol. The Labute approximate surface area is 86.3 Å². The average molecular weight is 214 g/mol. The van der Waals surface area contributed by atoms with Gasteiger partial charge in [0.25, 0.3) is 5.92 Å². The van der Waals surface area contributed by atoms with Crippen LogP contribution in [0.2, 0.25) is 0 Å². The molecule has 0 spiro atoms. The van der Waals surface area contributed by atoms with E-state index in [1.165, 1.54) is 24.3 Å². The number of rotatable bonds is 3. The summed E-state index contributed by atoms with van der Waals surface area (Å²) in [5, 5.41) is 2.37. The first-order valence-electron chi connectivity index (χ1n) is 4.40. The highest BCUT2D eigenvalue weighted by Gasteiger charge is 2.23. The van der Waals surface area contributed by atoms with Crippen LogP contribution in [0.15, 0.2) is 24.3 Å². The van der Waals surface area contributed by atoms with E-state index >= 15 is 0 Å². The van der Waals surface area contributed by atoms with Crippen LogP contribution in [0, 0.1) is 0 Å². The molecule has 0 aliphatic heterocycles. The first kappa shape index (κ1) is 11.4. The second-order valence-corrected chi connectivity index (χ2v) is 3.30. The SMILES string of the molecule is CC(F)(F)c1ccc(CNC(N)=O)cc1. The Morgan fingerprint density at radius 1 is 1.40 bits per heavy atom. The maximum atomic E-state index is 12.8. The summed E-state index contributed by atoms with van der Waals surface area (Å²) in [6.45, 7) is 1.08. The van der Waals surface area contributed by atoms with Crippen molar-refractivity contribution in [3.8, 4) is 0 Å². The third-order valence-corrected chi connectivity index (χ3v) is 1.93. The number of primary amides is 1. The largest absolute Gasteiger partial charge is 0.352 e. The highest BCUT2D eigenvalue weighted by Crippen LogP contribution is 2.26. The molecule has 3 N–H and O–H groups in total. The molecule has 0 saturated carbocycles. The third-order valence-electron chi connectivity index (χ3n) is 1.93. The lowest BCUT2D eigenvalue weighted by Gasteiger charge is -2.10. The molecule has 0 saturated heterocycles. The summed E-state index contributed by atoms with van der Waals surface area (Å²) in [7, 11) is 0.